The van der Waals surface area contributed by atoms with Gasteiger partial charge in [0.2, 0.25) is 5.91 Å². The Hall–Kier alpha value is -3.33. The number of esters is 1. The van der Waals surface area contributed by atoms with Gasteiger partial charge in [-0.1, -0.05) is 12.1 Å². The molecule has 0 saturated carbocycles. The summed E-state index contributed by atoms with van der Waals surface area (Å²) in [4.78, 5) is 29.7. The van der Waals surface area contributed by atoms with Gasteiger partial charge < -0.3 is 19.3 Å². The second kappa shape index (κ2) is 13.8. The van der Waals surface area contributed by atoms with E-state index in [0.717, 1.165) is 43.8 Å². The maximum Gasteiger partial charge on any atom is 0.310 e. The maximum atomic E-state index is 13.5. The number of benzene rings is 2. The summed E-state index contributed by atoms with van der Waals surface area (Å²) in [6, 6.07) is 9.93. The molecular formula is C31H37F3N2O4. The van der Waals surface area contributed by atoms with E-state index in [9.17, 15) is 22.8 Å². The summed E-state index contributed by atoms with van der Waals surface area (Å²) >= 11 is 0. The molecule has 1 unspecified atom stereocenters. The summed E-state index contributed by atoms with van der Waals surface area (Å²) in [6.45, 7) is 5.50. The van der Waals surface area contributed by atoms with Crippen molar-refractivity contribution >= 4 is 18.0 Å². The fourth-order valence-corrected chi connectivity index (χ4v) is 5.73. The summed E-state index contributed by atoms with van der Waals surface area (Å²) in [5, 5.41) is 0. The van der Waals surface area contributed by atoms with Crippen LogP contribution in [0.2, 0.25) is 0 Å². The summed E-state index contributed by atoms with van der Waals surface area (Å²) < 4.78 is 50.8. The molecule has 4 rings (SSSR count). The minimum absolute atomic E-state index is 0.0674. The quantitative estimate of drug-likeness (QED) is 0.234. The van der Waals surface area contributed by atoms with Gasteiger partial charge in [-0.15, -0.1) is 0 Å². The van der Waals surface area contributed by atoms with E-state index >= 15 is 0 Å². The zero-order valence-corrected chi connectivity index (χ0v) is 23.1. The molecule has 0 N–H and O–H groups in total. The third-order valence-electron chi connectivity index (χ3n) is 8.06. The van der Waals surface area contributed by atoms with E-state index < -0.39 is 17.5 Å². The van der Waals surface area contributed by atoms with Crippen molar-refractivity contribution in [3.8, 4) is 5.75 Å². The second-order valence-corrected chi connectivity index (χ2v) is 10.5. The Morgan fingerprint density at radius 1 is 0.975 bits per heavy atom. The molecule has 9 heteroatoms. The largest absolute Gasteiger partial charge is 0.497 e. The van der Waals surface area contributed by atoms with Crippen molar-refractivity contribution in [1.82, 2.24) is 9.80 Å². The number of nitrogens with zero attached hydrogens (tertiary/aromatic N) is 2. The van der Waals surface area contributed by atoms with Gasteiger partial charge in [0.25, 0.3) is 0 Å². The van der Waals surface area contributed by atoms with Crippen LogP contribution in [-0.4, -0.2) is 68.1 Å². The highest BCUT2D eigenvalue weighted by Crippen LogP contribution is 2.32. The number of carbonyl (C=O) groups is 2. The van der Waals surface area contributed by atoms with E-state index in [-0.39, 0.29) is 29.3 Å². The molecule has 2 fully saturated rings. The number of likely N-dealkylation sites (tertiary alicyclic amines) is 2. The molecule has 2 aliphatic heterocycles. The van der Waals surface area contributed by atoms with Crippen LogP contribution in [0, 0.1) is 29.3 Å². The first-order valence-corrected chi connectivity index (χ1v) is 13.9. The van der Waals surface area contributed by atoms with Crippen LogP contribution in [0.3, 0.4) is 0 Å². The van der Waals surface area contributed by atoms with Crippen molar-refractivity contribution in [2.24, 2.45) is 11.8 Å². The standard InChI is InChI=1S/C31H37F3N2O4/c1-3-40-31(38)26(20-35-14-10-23(11-15-35)22-5-7-25(39-2)8-6-22)24-12-16-36(17-13-24)29(37)9-4-21-18-27(32)30(34)28(33)19-21/h4-9,18-19,23-24,26H,3,10-17,20H2,1-2H3. The highest BCUT2D eigenvalue weighted by molar-refractivity contribution is 5.91. The van der Waals surface area contributed by atoms with Gasteiger partial charge in [-0.3, -0.25) is 9.59 Å². The predicted octanol–water partition coefficient (Wildman–Crippen LogP) is 5.42. The number of carbonyl (C=O) groups excluding carboxylic acids is 2. The molecule has 2 aliphatic rings. The van der Waals surface area contributed by atoms with Crippen molar-refractivity contribution in [2.45, 2.75) is 38.5 Å². The van der Waals surface area contributed by atoms with E-state index in [4.69, 9.17) is 9.47 Å². The number of ether oxygens (including phenoxy) is 2. The Bertz CT molecular complexity index is 1160. The lowest BCUT2D eigenvalue weighted by Gasteiger charge is -2.38. The van der Waals surface area contributed by atoms with E-state index in [1.54, 1.807) is 12.0 Å². The Balaban J connectivity index is 1.31. The third kappa shape index (κ3) is 7.44. The van der Waals surface area contributed by atoms with E-state index in [2.05, 4.69) is 17.0 Å². The lowest BCUT2D eigenvalue weighted by Crippen LogP contribution is -2.45. The molecule has 1 atom stereocenters. The maximum absolute atomic E-state index is 13.5. The van der Waals surface area contributed by atoms with Gasteiger partial charge in [0.05, 0.1) is 19.6 Å². The molecule has 0 aliphatic carbocycles. The van der Waals surface area contributed by atoms with Gasteiger partial charge in [-0.25, -0.2) is 13.2 Å². The predicted molar refractivity (Wildman–Crippen MR) is 146 cm³/mol. The zero-order chi connectivity index (χ0) is 28.6. The Morgan fingerprint density at radius 3 is 2.17 bits per heavy atom. The van der Waals surface area contributed by atoms with E-state index in [1.807, 2.05) is 19.1 Å². The monoisotopic (exact) mass is 558 g/mol. The molecule has 6 nitrogen and oxygen atoms in total. The van der Waals surface area contributed by atoms with Crippen LogP contribution in [0.25, 0.3) is 6.08 Å². The van der Waals surface area contributed by atoms with Gasteiger partial charge >= 0.3 is 5.97 Å². The molecule has 2 aromatic carbocycles. The number of hydrogen-bond acceptors (Lipinski definition) is 5. The van der Waals surface area contributed by atoms with Crippen molar-refractivity contribution in [1.29, 1.82) is 0 Å². The van der Waals surface area contributed by atoms with Gasteiger partial charge in [0, 0.05) is 25.7 Å². The normalized spacial score (nSPS) is 18.2. The van der Waals surface area contributed by atoms with Gasteiger partial charge in [-0.05, 0) is 99.0 Å². The molecule has 216 valence electrons. The fourth-order valence-electron chi connectivity index (χ4n) is 5.73. The SMILES string of the molecule is CCOC(=O)C(CN1CCC(c2ccc(OC)cc2)CC1)C1CCN(C(=O)C=Cc2cc(F)c(F)c(F)c2)CC1. The molecule has 0 aromatic heterocycles. The smallest absolute Gasteiger partial charge is 0.310 e. The van der Waals surface area contributed by atoms with Crippen LogP contribution in [0.15, 0.2) is 42.5 Å². The lowest BCUT2D eigenvalue weighted by atomic mass is 9.82. The number of methoxy groups -OCH3 is 1. The van der Waals surface area contributed by atoms with Crippen molar-refractivity contribution in [3.05, 3.63) is 71.1 Å². The van der Waals surface area contributed by atoms with Crippen molar-refractivity contribution < 1.29 is 32.2 Å². The van der Waals surface area contributed by atoms with Crippen molar-refractivity contribution in [3.63, 3.8) is 0 Å². The van der Waals surface area contributed by atoms with E-state index in [1.165, 1.54) is 17.7 Å². The Kier molecular flexibility index (Phi) is 10.3. The number of hydrogen-bond donors (Lipinski definition) is 0. The van der Waals surface area contributed by atoms with Crippen LogP contribution in [0.4, 0.5) is 13.2 Å². The first-order valence-electron chi connectivity index (χ1n) is 13.9. The average molecular weight is 559 g/mol. The summed E-state index contributed by atoms with van der Waals surface area (Å²) in [5.74, 6) is -3.48. The van der Waals surface area contributed by atoms with Crippen molar-refractivity contribution in [2.75, 3.05) is 46.4 Å². The number of amides is 1. The summed E-state index contributed by atoms with van der Waals surface area (Å²) in [5.41, 5.74) is 1.38. The average Bonchev–Trinajstić information content (AvgIpc) is 2.98. The van der Waals surface area contributed by atoms with Crippen LogP contribution in [0.5, 0.6) is 5.75 Å². The Labute approximate surface area is 233 Å². The van der Waals surface area contributed by atoms with Crippen LogP contribution >= 0.6 is 0 Å². The Morgan fingerprint density at radius 2 is 1.60 bits per heavy atom. The third-order valence-corrected chi connectivity index (χ3v) is 8.06. The molecule has 1 amide bonds. The minimum Gasteiger partial charge on any atom is -0.497 e. The molecule has 0 bridgehead atoms. The van der Waals surface area contributed by atoms with Gasteiger partial charge in [0.1, 0.15) is 5.75 Å². The highest BCUT2D eigenvalue weighted by atomic mass is 19.2. The molecule has 0 radical (unpaired) electrons. The molecule has 2 aromatic rings. The summed E-state index contributed by atoms with van der Waals surface area (Å²) in [7, 11) is 1.66. The molecular weight excluding hydrogens is 521 g/mol. The second-order valence-electron chi connectivity index (χ2n) is 10.5. The lowest BCUT2D eigenvalue weighted by molar-refractivity contribution is -0.151. The topological polar surface area (TPSA) is 59.1 Å². The summed E-state index contributed by atoms with van der Waals surface area (Å²) in [6.07, 6.45) is 5.86. The first kappa shape index (κ1) is 29.6. The molecule has 2 saturated heterocycles. The highest BCUT2D eigenvalue weighted by Gasteiger charge is 2.35. The van der Waals surface area contributed by atoms with Crippen LogP contribution in [0.1, 0.15) is 49.7 Å². The number of rotatable bonds is 9. The number of halogens is 3. The van der Waals surface area contributed by atoms with E-state index in [0.29, 0.717) is 45.0 Å². The fraction of sp³-hybridized carbons (Fsp3) is 0.484. The van der Waals surface area contributed by atoms with Crippen LogP contribution < -0.4 is 4.74 Å². The first-order chi connectivity index (χ1) is 19.3. The van der Waals surface area contributed by atoms with Gasteiger partial charge in [0.15, 0.2) is 17.5 Å². The zero-order valence-electron chi connectivity index (χ0n) is 23.1. The molecule has 40 heavy (non-hydrogen) atoms. The van der Waals surface area contributed by atoms with Gasteiger partial charge in [-0.2, -0.15) is 0 Å². The molecule has 0 spiro atoms. The molecule has 2 heterocycles. The van der Waals surface area contributed by atoms with Crippen LogP contribution in [-0.2, 0) is 14.3 Å². The minimum atomic E-state index is -1.54. The number of piperidine rings is 2.